The van der Waals surface area contributed by atoms with Gasteiger partial charge in [0.25, 0.3) is 0 Å². The normalized spacial score (nSPS) is 8.88. The molecule has 0 saturated carbocycles. The van der Waals surface area contributed by atoms with Gasteiger partial charge in [0.05, 0.1) is 0 Å². The summed E-state index contributed by atoms with van der Waals surface area (Å²) in [6.07, 6.45) is 0. The maximum absolute atomic E-state index is 10.7. The van der Waals surface area contributed by atoms with Crippen molar-refractivity contribution in [1.82, 2.24) is 5.32 Å². The van der Waals surface area contributed by atoms with E-state index in [9.17, 15) is 4.79 Å². The molecule has 1 aromatic rings. The molecule has 0 amide bonds. The third-order valence-electron chi connectivity index (χ3n) is 1.59. The molecule has 1 rings (SSSR count). The van der Waals surface area contributed by atoms with Crippen molar-refractivity contribution >= 4 is 5.97 Å². The number of nitrogens with zero attached hydrogens (tertiary/aromatic N) is 1. The fraction of sp³-hybridized carbons (Fsp3) is 0.364. The maximum Gasteiger partial charge on any atom is 0.308 e. The van der Waals surface area contributed by atoms with Crippen LogP contribution in [0.3, 0.4) is 0 Å². The molecule has 17 heavy (non-hydrogen) atoms. The molecule has 0 aliphatic carbocycles. The van der Waals surface area contributed by atoms with Gasteiger partial charge < -0.3 is 10.1 Å². The molecule has 0 atom stereocenters. The van der Waals surface area contributed by atoms with Gasteiger partial charge in [0.15, 0.2) is 7.05 Å². The SMILES string of the molecule is CNCc1ccccc1OC(C)=O.C[N+](=O)[O-]. The minimum absolute atomic E-state index is 0.288. The predicted molar refractivity (Wildman–Crippen MR) is 63.4 cm³/mol. The number of nitro groups is 1. The van der Waals surface area contributed by atoms with Gasteiger partial charge in [-0.05, 0) is 13.1 Å². The molecule has 1 aromatic carbocycles. The Bertz CT molecular complexity index is 375. The number of hydrogen-bond donors (Lipinski definition) is 1. The lowest BCUT2D eigenvalue weighted by atomic mass is 10.2. The van der Waals surface area contributed by atoms with Crippen LogP contribution in [-0.2, 0) is 11.3 Å². The van der Waals surface area contributed by atoms with E-state index in [4.69, 9.17) is 14.9 Å². The van der Waals surface area contributed by atoms with Gasteiger partial charge in [0.2, 0.25) is 0 Å². The van der Waals surface area contributed by atoms with Crippen LogP contribution in [0.15, 0.2) is 24.3 Å². The number of rotatable bonds is 3. The molecule has 0 saturated heterocycles. The predicted octanol–water partition coefficient (Wildman–Crippen LogP) is 1.22. The van der Waals surface area contributed by atoms with E-state index in [0.29, 0.717) is 12.3 Å². The minimum Gasteiger partial charge on any atom is -0.426 e. The monoisotopic (exact) mass is 240 g/mol. The van der Waals surface area contributed by atoms with Crippen LogP contribution < -0.4 is 10.1 Å². The zero-order chi connectivity index (χ0) is 13.3. The Morgan fingerprint density at radius 1 is 1.47 bits per heavy atom. The van der Waals surface area contributed by atoms with E-state index in [1.54, 1.807) is 6.07 Å². The van der Waals surface area contributed by atoms with Crippen LogP contribution in [0, 0.1) is 10.1 Å². The van der Waals surface area contributed by atoms with Gasteiger partial charge in [0.1, 0.15) is 5.75 Å². The first-order chi connectivity index (χ1) is 7.97. The number of benzene rings is 1. The number of hydrogen-bond acceptors (Lipinski definition) is 5. The summed E-state index contributed by atoms with van der Waals surface area (Å²) in [6.45, 7) is 2.10. The average molecular weight is 240 g/mol. The number of esters is 1. The minimum atomic E-state index is -0.500. The van der Waals surface area contributed by atoms with Crippen molar-refractivity contribution < 1.29 is 14.5 Å². The molecule has 0 aromatic heterocycles. The van der Waals surface area contributed by atoms with Crippen LogP contribution in [0.4, 0.5) is 0 Å². The Balaban J connectivity index is 0.000000557. The molecule has 0 bridgehead atoms. The number of para-hydroxylation sites is 1. The third-order valence-corrected chi connectivity index (χ3v) is 1.59. The van der Waals surface area contributed by atoms with Gasteiger partial charge in [-0.2, -0.15) is 0 Å². The van der Waals surface area contributed by atoms with Crippen molar-refractivity contribution in [3.05, 3.63) is 39.9 Å². The van der Waals surface area contributed by atoms with Crippen molar-refractivity contribution in [2.24, 2.45) is 0 Å². The molecule has 0 unspecified atom stereocenters. The van der Waals surface area contributed by atoms with Crippen molar-refractivity contribution in [3.63, 3.8) is 0 Å². The summed E-state index contributed by atoms with van der Waals surface area (Å²) >= 11 is 0. The zero-order valence-electron chi connectivity index (χ0n) is 10.1. The summed E-state index contributed by atoms with van der Waals surface area (Å²) in [5, 5.41) is 11.8. The molecular formula is C11H16N2O4. The highest BCUT2D eigenvalue weighted by atomic mass is 16.6. The van der Waals surface area contributed by atoms with E-state index in [1.165, 1.54) is 6.92 Å². The quantitative estimate of drug-likeness (QED) is 0.372. The summed E-state index contributed by atoms with van der Waals surface area (Å²) in [7, 11) is 2.74. The van der Waals surface area contributed by atoms with Gasteiger partial charge in [-0.25, -0.2) is 0 Å². The molecular weight excluding hydrogens is 224 g/mol. The van der Waals surface area contributed by atoms with E-state index >= 15 is 0 Å². The fourth-order valence-electron chi connectivity index (χ4n) is 1.09. The summed E-state index contributed by atoms with van der Waals surface area (Å²) in [6, 6.07) is 7.47. The summed E-state index contributed by atoms with van der Waals surface area (Å²) in [4.78, 5) is 19.0. The van der Waals surface area contributed by atoms with Gasteiger partial charge in [-0.1, -0.05) is 18.2 Å². The lowest BCUT2D eigenvalue weighted by Gasteiger charge is -2.07. The standard InChI is InChI=1S/C10H13NO2.CH3NO2/c1-8(12)13-10-6-4-3-5-9(10)7-11-2;1-2(3)4/h3-6,11H,7H2,1-2H3;1H3. The van der Waals surface area contributed by atoms with Crippen molar-refractivity contribution in [2.75, 3.05) is 14.1 Å². The second-order valence-corrected chi connectivity index (χ2v) is 3.17. The van der Waals surface area contributed by atoms with Crippen LogP contribution in [0.1, 0.15) is 12.5 Å². The number of nitrogens with one attached hydrogen (secondary N) is 1. The zero-order valence-corrected chi connectivity index (χ0v) is 10.1. The Kier molecular flexibility index (Phi) is 7.29. The first kappa shape index (κ1) is 15.0. The van der Waals surface area contributed by atoms with Crippen molar-refractivity contribution in [2.45, 2.75) is 13.5 Å². The Hall–Kier alpha value is -1.95. The second-order valence-electron chi connectivity index (χ2n) is 3.17. The van der Waals surface area contributed by atoms with Crippen LogP contribution in [-0.4, -0.2) is 25.0 Å². The van der Waals surface area contributed by atoms with Crippen LogP contribution in [0.25, 0.3) is 0 Å². The highest BCUT2D eigenvalue weighted by molar-refractivity contribution is 5.69. The molecule has 0 aliphatic heterocycles. The van der Waals surface area contributed by atoms with E-state index in [-0.39, 0.29) is 5.97 Å². The molecule has 6 nitrogen and oxygen atoms in total. The third kappa shape index (κ3) is 7.92. The van der Waals surface area contributed by atoms with E-state index in [2.05, 4.69) is 5.32 Å². The van der Waals surface area contributed by atoms with E-state index in [1.807, 2.05) is 25.2 Å². The highest BCUT2D eigenvalue weighted by Gasteiger charge is 2.03. The number of ether oxygens (including phenoxy) is 1. The smallest absolute Gasteiger partial charge is 0.308 e. The summed E-state index contributed by atoms with van der Waals surface area (Å²) < 4.78 is 5.02. The van der Waals surface area contributed by atoms with Crippen molar-refractivity contribution in [1.29, 1.82) is 0 Å². The first-order valence-electron chi connectivity index (χ1n) is 4.96. The molecule has 94 valence electrons. The van der Waals surface area contributed by atoms with Gasteiger partial charge in [0, 0.05) is 24.0 Å². The van der Waals surface area contributed by atoms with Gasteiger partial charge in [-0.3, -0.25) is 14.9 Å². The summed E-state index contributed by atoms with van der Waals surface area (Å²) in [5.74, 6) is 0.341. The average Bonchev–Trinajstić information content (AvgIpc) is 2.19. The first-order valence-corrected chi connectivity index (χ1v) is 4.96. The van der Waals surface area contributed by atoms with Crippen molar-refractivity contribution in [3.8, 4) is 5.75 Å². The molecule has 1 N–H and O–H groups in total. The van der Waals surface area contributed by atoms with E-state index < -0.39 is 4.92 Å². The largest absolute Gasteiger partial charge is 0.426 e. The summed E-state index contributed by atoms with van der Waals surface area (Å²) in [5.41, 5.74) is 0.986. The van der Waals surface area contributed by atoms with Crippen LogP contribution >= 0.6 is 0 Å². The molecule has 0 aliphatic rings. The van der Waals surface area contributed by atoms with Crippen LogP contribution in [0.5, 0.6) is 5.75 Å². The number of carbonyl (C=O) groups excluding carboxylic acids is 1. The topological polar surface area (TPSA) is 81.5 Å². The van der Waals surface area contributed by atoms with Gasteiger partial charge in [-0.15, -0.1) is 0 Å². The Morgan fingerprint density at radius 3 is 2.47 bits per heavy atom. The number of carbonyl (C=O) groups is 1. The van der Waals surface area contributed by atoms with E-state index in [0.717, 1.165) is 12.6 Å². The molecule has 0 fully saturated rings. The molecule has 0 radical (unpaired) electrons. The van der Waals surface area contributed by atoms with Crippen LogP contribution in [0.2, 0.25) is 0 Å². The second kappa shape index (κ2) is 8.23. The molecule has 0 heterocycles. The Morgan fingerprint density at radius 2 is 2.00 bits per heavy atom. The Labute approximate surface area is 99.7 Å². The van der Waals surface area contributed by atoms with Gasteiger partial charge >= 0.3 is 5.97 Å². The molecule has 0 spiro atoms. The lowest BCUT2D eigenvalue weighted by Crippen LogP contribution is -2.09. The highest BCUT2D eigenvalue weighted by Crippen LogP contribution is 2.17. The molecule has 6 heteroatoms. The maximum atomic E-state index is 10.7. The fourth-order valence-corrected chi connectivity index (χ4v) is 1.09. The lowest BCUT2D eigenvalue weighted by molar-refractivity contribution is -0.445.